The molecule has 8 heteroatoms. The summed E-state index contributed by atoms with van der Waals surface area (Å²) in [6.45, 7) is 0.723. The van der Waals surface area contributed by atoms with Crippen molar-refractivity contribution in [3.8, 4) is 0 Å². The van der Waals surface area contributed by atoms with Crippen LogP contribution in [0.2, 0.25) is 0 Å². The molecule has 0 spiro atoms. The molecule has 2 N–H and O–H groups in total. The molecule has 0 fully saturated rings. The van der Waals surface area contributed by atoms with E-state index < -0.39 is 5.91 Å². The first kappa shape index (κ1) is 18.7. The molecule has 1 aliphatic rings. The van der Waals surface area contributed by atoms with Gasteiger partial charge in [-0.05, 0) is 36.6 Å². The third-order valence-electron chi connectivity index (χ3n) is 4.94. The summed E-state index contributed by atoms with van der Waals surface area (Å²) in [6, 6.07) is 15.1. The van der Waals surface area contributed by atoms with Gasteiger partial charge in [-0.15, -0.1) is 0 Å². The van der Waals surface area contributed by atoms with Gasteiger partial charge in [0.15, 0.2) is 0 Å². The molecule has 2 amide bonds. The number of aryl methyl sites for hydroxylation is 1. The minimum Gasteiger partial charge on any atom is -0.362 e. The van der Waals surface area contributed by atoms with Crippen LogP contribution in [0.4, 0.5) is 5.69 Å². The summed E-state index contributed by atoms with van der Waals surface area (Å²) < 4.78 is 1.32. The average Bonchev–Trinajstić information content (AvgIpc) is 2.75. The van der Waals surface area contributed by atoms with Crippen LogP contribution >= 0.6 is 0 Å². The fourth-order valence-corrected chi connectivity index (χ4v) is 3.59. The topological polar surface area (TPSA) is 96.3 Å². The maximum absolute atomic E-state index is 12.3. The van der Waals surface area contributed by atoms with Crippen molar-refractivity contribution in [1.82, 2.24) is 20.4 Å². The van der Waals surface area contributed by atoms with Gasteiger partial charge in [-0.3, -0.25) is 29.8 Å². The number of anilines is 1. The summed E-state index contributed by atoms with van der Waals surface area (Å²) in [5.74, 6) is -0.808. The Bertz CT molecular complexity index is 1120. The van der Waals surface area contributed by atoms with Gasteiger partial charge in [0, 0.05) is 12.2 Å². The van der Waals surface area contributed by atoms with Crippen molar-refractivity contribution >= 4 is 28.5 Å². The average molecular weight is 391 g/mol. The Labute approximate surface area is 167 Å². The second-order valence-electron chi connectivity index (χ2n) is 6.92. The number of nitrogens with one attached hydrogen (secondary N) is 2. The second kappa shape index (κ2) is 8.14. The fraction of sp³-hybridized carbons (Fsp3) is 0.238. The molecule has 0 bridgehead atoms. The Kier molecular flexibility index (Phi) is 5.24. The number of fused-ring (bicyclic) bond motifs is 2. The minimum absolute atomic E-state index is 0.148. The number of rotatable bonds is 4. The van der Waals surface area contributed by atoms with Gasteiger partial charge in [-0.2, -0.15) is 0 Å². The minimum atomic E-state index is -0.490. The maximum atomic E-state index is 12.3. The van der Waals surface area contributed by atoms with E-state index in [9.17, 15) is 14.4 Å². The predicted molar refractivity (Wildman–Crippen MR) is 109 cm³/mol. The van der Waals surface area contributed by atoms with E-state index in [1.165, 1.54) is 16.3 Å². The van der Waals surface area contributed by atoms with Crippen molar-refractivity contribution in [3.63, 3.8) is 0 Å². The Hall–Kier alpha value is -3.68. The molecule has 0 saturated carbocycles. The molecule has 8 nitrogen and oxygen atoms in total. The van der Waals surface area contributed by atoms with Crippen molar-refractivity contribution in [2.75, 3.05) is 18.0 Å². The smallest absolute Gasteiger partial charge is 0.269 e. The third kappa shape index (κ3) is 4.11. The van der Waals surface area contributed by atoms with E-state index >= 15 is 0 Å². The first-order valence-corrected chi connectivity index (χ1v) is 9.47. The van der Waals surface area contributed by atoms with Crippen molar-refractivity contribution in [1.29, 1.82) is 0 Å². The quantitative estimate of drug-likeness (QED) is 0.647. The number of aromatic nitrogens is 2. The van der Waals surface area contributed by atoms with Gasteiger partial charge in [0.25, 0.3) is 17.4 Å². The van der Waals surface area contributed by atoms with Gasteiger partial charge < -0.3 is 4.90 Å². The lowest BCUT2D eigenvalue weighted by Gasteiger charge is -2.30. The van der Waals surface area contributed by atoms with Crippen LogP contribution in [-0.4, -0.2) is 34.5 Å². The molecule has 0 unspecified atom stereocenters. The number of benzene rings is 2. The Morgan fingerprint density at radius 2 is 1.69 bits per heavy atom. The molecule has 3 aromatic rings. The van der Waals surface area contributed by atoms with Crippen molar-refractivity contribution in [3.05, 3.63) is 70.6 Å². The molecular formula is C21H21N5O3. The first-order chi connectivity index (χ1) is 14.1. The molecule has 0 radical (unpaired) electrons. The van der Waals surface area contributed by atoms with Gasteiger partial charge in [0.05, 0.1) is 23.8 Å². The number of amides is 2. The van der Waals surface area contributed by atoms with Gasteiger partial charge in [-0.25, -0.2) is 4.98 Å². The van der Waals surface area contributed by atoms with Crippen LogP contribution in [0.15, 0.2) is 59.5 Å². The highest BCUT2D eigenvalue weighted by Crippen LogP contribution is 2.26. The summed E-state index contributed by atoms with van der Waals surface area (Å²) >= 11 is 0. The summed E-state index contributed by atoms with van der Waals surface area (Å²) in [5, 5.41) is 0. The Balaban J connectivity index is 1.37. The van der Waals surface area contributed by atoms with E-state index in [4.69, 9.17) is 0 Å². The SMILES string of the molecule is O=C(CN1CCCc2ccccc21)NNC(=O)Cn1c(=O)cnc2ccccc21. The number of hydrogen-bond donors (Lipinski definition) is 2. The number of carbonyl (C=O) groups excluding carboxylic acids is 2. The number of hydrogen-bond acceptors (Lipinski definition) is 5. The summed E-state index contributed by atoms with van der Waals surface area (Å²) in [7, 11) is 0. The lowest BCUT2D eigenvalue weighted by atomic mass is 10.0. The largest absolute Gasteiger partial charge is 0.362 e. The number of nitrogens with zero attached hydrogens (tertiary/aromatic N) is 3. The zero-order valence-electron chi connectivity index (χ0n) is 15.8. The molecule has 1 aliphatic heterocycles. The molecule has 0 atom stereocenters. The Morgan fingerprint density at radius 3 is 2.55 bits per heavy atom. The highest BCUT2D eigenvalue weighted by molar-refractivity contribution is 5.86. The van der Waals surface area contributed by atoms with E-state index in [2.05, 4.69) is 21.9 Å². The molecule has 2 aromatic carbocycles. The monoisotopic (exact) mass is 391 g/mol. The van der Waals surface area contributed by atoms with Gasteiger partial charge in [0.2, 0.25) is 0 Å². The number of hydrazine groups is 1. The van der Waals surface area contributed by atoms with E-state index in [-0.39, 0.29) is 24.6 Å². The number of para-hydroxylation sites is 3. The lowest BCUT2D eigenvalue weighted by Crippen LogP contribution is -2.48. The van der Waals surface area contributed by atoms with Crippen LogP contribution in [0.1, 0.15) is 12.0 Å². The molecule has 148 valence electrons. The van der Waals surface area contributed by atoms with Crippen LogP contribution in [0.25, 0.3) is 11.0 Å². The summed E-state index contributed by atoms with van der Waals surface area (Å²) in [5.41, 5.74) is 7.90. The van der Waals surface area contributed by atoms with Crippen molar-refractivity contribution in [2.45, 2.75) is 19.4 Å². The molecule has 4 rings (SSSR count). The van der Waals surface area contributed by atoms with Crippen molar-refractivity contribution in [2.24, 2.45) is 0 Å². The zero-order chi connectivity index (χ0) is 20.2. The first-order valence-electron chi connectivity index (χ1n) is 9.47. The predicted octanol–water partition coefficient (Wildman–Crippen LogP) is 0.997. The second-order valence-corrected chi connectivity index (χ2v) is 6.92. The molecule has 0 saturated heterocycles. The van der Waals surface area contributed by atoms with Crippen LogP contribution in [0.5, 0.6) is 0 Å². The highest BCUT2D eigenvalue weighted by Gasteiger charge is 2.19. The van der Waals surface area contributed by atoms with E-state index in [0.29, 0.717) is 11.0 Å². The lowest BCUT2D eigenvalue weighted by molar-refractivity contribution is -0.128. The zero-order valence-corrected chi connectivity index (χ0v) is 15.8. The van der Waals surface area contributed by atoms with E-state index in [1.807, 2.05) is 29.2 Å². The van der Waals surface area contributed by atoms with E-state index in [1.54, 1.807) is 18.2 Å². The standard InChI is InChI=1S/C21H21N5O3/c27-19(13-25-11-5-7-15-6-1-3-9-17(15)25)23-24-20(28)14-26-18-10-4-2-8-16(18)22-12-21(26)29/h1-4,6,8-10,12H,5,7,11,13-14H2,(H,23,27)(H,24,28). The van der Waals surface area contributed by atoms with Crippen LogP contribution in [0, 0.1) is 0 Å². The fourth-order valence-electron chi connectivity index (χ4n) is 3.59. The summed E-state index contributed by atoms with van der Waals surface area (Å²) in [4.78, 5) is 42.8. The van der Waals surface area contributed by atoms with Gasteiger partial charge in [0.1, 0.15) is 6.54 Å². The van der Waals surface area contributed by atoms with Crippen LogP contribution in [0.3, 0.4) is 0 Å². The van der Waals surface area contributed by atoms with Crippen LogP contribution < -0.4 is 21.3 Å². The molecule has 2 heterocycles. The third-order valence-corrected chi connectivity index (χ3v) is 4.94. The molecule has 1 aromatic heterocycles. The summed E-state index contributed by atoms with van der Waals surface area (Å²) in [6.07, 6.45) is 3.16. The van der Waals surface area contributed by atoms with Crippen LogP contribution in [-0.2, 0) is 22.6 Å². The molecular weight excluding hydrogens is 370 g/mol. The number of carbonyl (C=O) groups is 2. The maximum Gasteiger partial charge on any atom is 0.269 e. The van der Waals surface area contributed by atoms with Crippen molar-refractivity contribution < 1.29 is 9.59 Å². The molecule has 0 aliphatic carbocycles. The van der Waals surface area contributed by atoms with E-state index in [0.717, 1.165) is 25.1 Å². The molecule has 29 heavy (non-hydrogen) atoms. The van der Waals surface area contributed by atoms with Gasteiger partial charge >= 0.3 is 0 Å². The Morgan fingerprint density at radius 1 is 0.966 bits per heavy atom. The highest BCUT2D eigenvalue weighted by atomic mass is 16.2. The normalized spacial score (nSPS) is 13.0. The van der Waals surface area contributed by atoms with Gasteiger partial charge in [-0.1, -0.05) is 30.3 Å².